The average molecular weight is 226 g/mol. The smallest absolute Gasteiger partial charge is 0.338 e. The van der Waals surface area contributed by atoms with Crippen molar-refractivity contribution < 1.29 is 14.6 Å². The minimum Gasteiger partial charge on any atom is -0.462 e. The summed E-state index contributed by atoms with van der Waals surface area (Å²) in [5.41, 5.74) is 0.547. The Hall–Kier alpha value is -1.00. The molecule has 0 aliphatic rings. The van der Waals surface area contributed by atoms with Gasteiger partial charge in [0.15, 0.2) is 0 Å². The molecule has 15 heavy (non-hydrogen) atoms. The third-order valence-electron chi connectivity index (χ3n) is 1.86. The van der Waals surface area contributed by atoms with Crippen LogP contribution in [0.5, 0.6) is 0 Å². The second kappa shape index (κ2) is 6.48. The molecule has 1 rings (SSSR count). The number of hydrogen-bond acceptors (Lipinski definition) is 4. The Morgan fingerprint density at radius 2 is 2.07 bits per heavy atom. The van der Waals surface area contributed by atoms with Crippen LogP contribution in [0.4, 0.5) is 0 Å². The van der Waals surface area contributed by atoms with Crippen molar-refractivity contribution in [3.8, 4) is 0 Å². The van der Waals surface area contributed by atoms with E-state index < -0.39 is 0 Å². The largest absolute Gasteiger partial charge is 0.462 e. The van der Waals surface area contributed by atoms with Crippen LogP contribution < -0.4 is 0 Å². The van der Waals surface area contributed by atoms with Crippen molar-refractivity contribution >= 4 is 17.7 Å². The van der Waals surface area contributed by atoms with Crippen LogP contribution in [-0.4, -0.2) is 30.5 Å². The van der Waals surface area contributed by atoms with E-state index in [0.29, 0.717) is 12.0 Å². The van der Waals surface area contributed by atoms with Gasteiger partial charge in [0.1, 0.15) is 0 Å². The van der Waals surface area contributed by atoms with Gasteiger partial charge in [-0.1, -0.05) is 0 Å². The van der Waals surface area contributed by atoms with Crippen molar-refractivity contribution in [2.75, 3.05) is 19.5 Å². The van der Waals surface area contributed by atoms with Crippen LogP contribution in [0, 0.1) is 0 Å². The zero-order chi connectivity index (χ0) is 11.1. The maximum atomic E-state index is 11.4. The summed E-state index contributed by atoms with van der Waals surface area (Å²) in [4.78, 5) is 12.5. The molecular weight excluding hydrogens is 212 g/mol. The predicted molar refractivity (Wildman–Crippen MR) is 60.2 cm³/mol. The van der Waals surface area contributed by atoms with E-state index >= 15 is 0 Å². The SMILES string of the molecule is CSc1ccc(C(=O)OCCCO)cc1. The van der Waals surface area contributed by atoms with Crippen molar-refractivity contribution in [1.29, 1.82) is 0 Å². The van der Waals surface area contributed by atoms with Crippen LogP contribution in [0.1, 0.15) is 16.8 Å². The molecule has 1 aromatic rings. The molecule has 0 atom stereocenters. The van der Waals surface area contributed by atoms with Crippen LogP contribution in [0.2, 0.25) is 0 Å². The highest BCUT2D eigenvalue weighted by Crippen LogP contribution is 2.15. The predicted octanol–water partition coefficient (Wildman–Crippen LogP) is 1.95. The highest BCUT2D eigenvalue weighted by Gasteiger charge is 2.05. The molecule has 0 fully saturated rings. The summed E-state index contributed by atoms with van der Waals surface area (Å²) in [6.07, 6.45) is 2.46. The second-order valence-corrected chi connectivity index (χ2v) is 3.82. The van der Waals surface area contributed by atoms with E-state index in [-0.39, 0.29) is 19.2 Å². The quantitative estimate of drug-likeness (QED) is 0.473. The maximum absolute atomic E-state index is 11.4. The molecule has 0 aliphatic heterocycles. The van der Waals surface area contributed by atoms with Crippen molar-refractivity contribution in [3.05, 3.63) is 29.8 Å². The van der Waals surface area contributed by atoms with E-state index in [1.54, 1.807) is 23.9 Å². The second-order valence-electron chi connectivity index (χ2n) is 2.94. The number of benzene rings is 1. The zero-order valence-corrected chi connectivity index (χ0v) is 9.42. The van der Waals surface area contributed by atoms with Crippen LogP contribution in [0.15, 0.2) is 29.2 Å². The third kappa shape index (κ3) is 3.93. The van der Waals surface area contributed by atoms with E-state index in [0.717, 1.165) is 4.90 Å². The van der Waals surface area contributed by atoms with Gasteiger partial charge in [-0.05, 0) is 30.5 Å². The summed E-state index contributed by atoms with van der Waals surface area (Å²) in [5, 5.41) is 8.52. The normalized spacial score (nSPS) is 10.0. The van der Waals surface area contributed by atoms with Crippen molar-refractivity contribution in [2.45, 2.75) is 11.3 Å². The number of esters is 1. The Morgan fingerprint density at radius 3 is 2.60 bits per heavy atom. The Bertz CT molecular complexity index is 308. The number of aliphatic hydroxyl groups excluding tert-OH is 1. The maximum Gasteiger partial charge on any atom is 0.338 e. The summed E-state index contributed by atoms with van der Waals surface area (Å²) in [6.45, 7) is 0.304. The van der Waals surface area contributed by atoms with E-state index in [1.807, 2.05) is 18.4 Å². The molecule has 0 saturated carbocycles. The van der Waals surface area contributed by atoms with Gasteiger partial charge in [-0.25, -0.2) is 4.79 Å². The van der Waals surface area contributed by atoms with Gasteiger partial charge < -0.3 is 9.84 Å². The Kier molecular flexibility index (Phi) is 5.21. The Balaban J connectivity index is 2.50. The lowest BCUT2D eigenvalue weighted by atomic mass is 10.2. The first-order chi connectivity index (χ1) is 7.27. The lowest BCUT2D eigenvalue weighted by Gasteiger charge is -2.03. The topological polar surface area (TPSA) is 46.5 Å². The molecule has 1 N–H and O–H groups in total. The molecular formula is C11H14O3S. The van der Waals surface area contributed by atoms with Crippen LogP contribution in [-0.2, 0) is 4.74 Å². The average Bonchev–Trinajstić information content (AvgIpc) is 2.29. The third-order valence-corrected chi connectivity index (χ3v) is 2.60. The van der Waals surface area contributed by atoms with Crippen molar-refractivity contribution in [1.82, 2.24) is 0 Å². The molecule has 1 aromatic carbocycles. The Morgan fingerprint density at radius 1 is 1.40 bits per heavy atom. The molecule has 0 radical (unpaired) electrons. The highest BCUT2D eigenvalue weighted by atomic mass is 32.2. The van der Waals surface area contributed by atoms with Gasteiger partial charge in [-0.3, -0.25) is 0 Å². The van der Waals surface area contributed by atoms with Gasteiger partial charge >= 0.3 is 5.97 Å². The van der Waals surface area contributed by atoms with E-state index in [2.05, 4.69) is 0 Å². The Labute approximate surface area is 93.4 Å². The minimum absolute atomic E-state index is 0.0404. The van der Waals surface area contributed by atoms with Gasteiger partial charge in [0.25, 0.3) is 0 Å². The van der Waals surface area contributed by atoms with Crippen LogP contribution in [0.25, 0.3) is 0 Å². The van der Waals surface area contributed by atoms with E-state index in [4.69, 9.17) is 9.84 Å². The summed E-state index contributed by atoms with van der Waals surface area (Å²) in [7, 11) is 0. The summed E-state index contributed by atoms with van der Waals surface area (Å²) >= 11 is 1.63. The molecule has 0 spiro atoms. The standard InChI is InChI=1S/C11H14O3S/c1-15-10-5-3-9(4-6-10)11(13)14-8-2-7-12/h3-6,12H,2,7-8H2,1H3. The highest BCUT2D eigenvalue weighted by molar-refractivity contribution is 7.98. The van der Waals surface area contributed by atoms with E-state index in [1.165, 1.54) is 0 Å². The molecule has 0 saturated heterocycles. The first kappa shape index (κ1) is 12.1. The van der Waals surface area contributed by atoms with Crippen LogP contribution >= 0.6 is 11.8 Å². The fourth-order valence-corrected chi connectivity index (χ4v) is 1.45. The molecule has 0 aliphatic carbocycles. The summed E-state index contributed by atoms with van der Waals surface area (Å²) in [5.74, 6) is -0.337. The molecule has 0 heterocycles. The fraction of sp³-hybridized carbons (Fsp3) is 0.364. The van der Waals surface area contributed by atoms with Crippen LogP contribution in [0.3, 0.4) is 0 Å². The number of carbonyl (C=O) groups is 1. The van der Waals surface area contributed by atoms with Gasteiger partial charge in [0, 0.05) is 17.9 Å². The summed E-state index contributed by atoms with van der Waals surface area (Å²) < 4.78 is 4.94. The fourth-order valence-electron chi connectivity index (χ4n) is 1.04. The van der Waals surface area contributed by atoms with Gasteiger partial charge in [-0.15, -0.1) is 11.8 Å². The van der Waals surface area contributed by atoms with E-state index in [9.17, 15) is 4.79 Å². The molecule has 4 heteroatoms. The van der Waals surface area contributed by atoms with Crippen molar-refractivity contribution in [2.24, 2.45) is 0 Å². The number of rotatable bonds is 5. The monoisotopic (exact) mass is 226 g/mol. The number of carbonyl (C=O) groups excluding carboxylic acids is 1. The molecule has 3 nitrogen and oxygen atoms in total. The summed E-state index contributed by atoms with van der Waals surface area (Å²) in [6, 6.07) is 7.25. The van der Waals surface area contributed by atoms with Crippen molar-refractivity contribution in [3.63, 3.8) is 0 Å². The zero-order valence-electron chi connectivity index (χ0n) is 8.60. The lowest BCUT2D eigenvalue weighted by Crippen LogP contribution is -2.07. The first-order valence-corrected chi connectivity index (χ1v) is 5.92. The number of aliphatic hydroxyl groups is 1. The van der Waals surface area contributed by atoms with Gasteiger partial charge in [0.2, 0.25) is 0 Å². The molecule has 0 amide bonds. The molecule has 0 unspecified atom stereocenters. The van der Waals surface area contributed by atoms with Gasteiger partial charge in [0.05, 0.1) is 12.2 Å². The first-order valence-electron chi connectivity index (χ1n) is 4.70. The number of ether oxygens (including phenoxy) is 1. The molecule has 0 aromatic heterocycles. The van der Waals surface area contributed by atoms with Gasteiger partial charge in [-0.2, -0.15) is 0 Å². The minimum atomic E-state index is -0.337. The number of hydrogen-bond donors (Lipinski definition) is 1. The molecule has 0 bridgehead atoms. The lowest BCUT2D eigenvalue weighted by molar-refractivity contribution is 0.0482. The number of thioether (sulfide) groups is 1. The molecule has 82 valence electrons.